The summed E-state index contributed by atoms with van der Waals surface area (Å²) in [7, 11) is -3.75. The SMILES string of the molecule is O=C1NS(=O)(=O)CCC[C@@H]2C[C@H]2[C@H](O)[C@@H]2CC[C@H]2CN2C[C@@]3(CCCc4cc(Cl)ccc43)COc3ccc1cc32. The topological polar surface area (TPSA) is 95.9 Å². The number of anilines is 1. The first-order valence-electron chi connectivity index (χ1n) is 14.7. The zero-order valence-electron chi connectivity index (χ0n) is 22.6. The molecule has 9 heteroatoms. The molecule has 5 aliphatic rings. The minimum atomic E-state index is -3.75. The number of aliphatic hydroxyl groups excluding tert-OH is 1. The fraction of sp³-hybridized carbons (Fsp3) is 0.581. The number of ether oxygens (including phenoxy) is 1. The van der Waals surface area contributed by atoms with Gasteiger partial charge in [0.1, 0.15) is 5.75 Å². The largest absolute Gasteiger partial charge is 0.490 e. The van der Waals surface area contributed by atoms with Crippen LogP contribution in [0.15, 0.2) is 36.4 Å². The van der Waals surface area contributed by atoms with Crippen LogP contribution in [-0.2, 0) is 21.9 Å². The van der Waals surface area contributed by atoms with Crippen LogP contribution in [0.1, 0.15) is 66.4 Å². The third-order valence-electron chi connectivity index (χ3n) is 10.3. The van der Waals surface area contributed by atoms with Gasteiger partial charge in [-0.3, -0.25) is 4.79 Å². The van der Waals surface area contributed by atoms with E-state index in [0.717, 1.165) is 68.7 Å². The van der Waals surface area contributed by atoms with E-state index in [4.69, 9.17) is 16.3 Å². The monoisotopic (exact) mass is 584 g/mol. The normalized spacial score (nSPS) is 34.7. The number of halogens is 1. The van der Waals surface area contributed by atoms with Crippen molar-refractivity contribution in [3.8, 4) is 5.75 Å². The van der Waals surface area contributed by atoms with Crippen molar-refractivity contribution in [3.63, 3.8) is 0 Å². The number of nitrogens with one attached hydrogen (secondary N) is 1. The van der Waals surface area contributed by atoms with Gasteiger partial charge in [0.05, 0.1) is 24.2 Å². The predicted octanol–water partition coefficient (Wildman–Crippen LogP) is 4.69. The van der Waals surface area contributed by atoms with Crippen molar-refractivity contribution in [1.82, 2.24) is 4.72 Å². The Morgan fingerprint density at radius 1 is 1.05 bits per heavy atom. The van der Waals surface area contributed by atoms with Crippen LogP contribution in [-0.4, -0.2) is 51.0 Å². The molecular weight excluding hydrogens is 548 g/mol. The molecule has 2 heterocycles. The average Bonchev–Trinajstić information content (AvgIpc) is 3.69. The van der Waals surface area contributed by atoms with E-state index in [-0.39, 0.29) is 29.1 Å². The van der Waals surface area contributed by atoms with Crippen molar-refractivity contribution < 1.29 is 23.1 Å². The van der Waals surface area contributed by atoms with Gasteiger partial charge in [-0.05, 0) is 116 Å². The smallest absolute Gasteiger partial charge is 0.264 e. The molecule has 0 radical (unpaired) electrons. The second kappa shape index (κ2) is 9.92. The molecule has 1 amide bonds. The van der Waals surface area contributed by atoms with Crippen molar-refractivity contribution in [2.45, 2.75) is 62.9 Å². The van der Waals surface area contributed by atoms with Gasteiger partial charge in [0.2, 0.25) is 10.0 Å². The summed E-state index contributed by atoms with van der Waals surface area (Å²) in [5, 5.41) is 12.1. The second-order valence-corrected chi connectivity index (χ2v) is 15.1. The number of sulfonamides is 1. The summed E-state index contributed by atoms with van der Waals surface area (Å²) in [4.78, 5) is 15.5. The van der Waals surface area contributed by atoms with Gasteiger partial charge in [-0.2, -0.15) is 0 Å². The van der Waals surface area contributed by atoms with E-state index in [1.165, 1.54) is 11.1 Å². The Balaban J connectivity index is 1.29. The number of carbonyl (C=O) groups is 1. The fourth-order valence-corrected chi connectivity index (χ4v) is 9.18. The number of carbonyl (C=O) groups excluding carboxylic acids is 1. The highest BCUT2D eigenvalue weighted by Crippen LogP contribution is 2.52. The summed E-state index contributed by atoms with van der Waals surface area (Å²) in [6.07, 6.45) is 6.99. The minimum absolute atomic E-state index is 0.0871. The van der Waals surface area contributed by atoms with Gasteiger partial charge in [0.15, 0.2) is 0 Å². The number of benzene rings is 2. The van der Waals surface area contributed by atoms with Crippen LogP contribution in [0.25, 0.3) is 0 Å². The maximum Gasteiger partial charge on any atom is 0.264 e. The number of amides is 1. The van der Waals surface area contributed by atoms with Gasteiger partial charge in [-0.1, -0.05) is 17.7 Å². The summed E-state index contributed by atoms with van der Waals surface area (Å²) in [6, 6.07) is 11.4. The first-order chi connectivity index (χ1) is 19.2. The second-order valence-electron chi connectivity index (χ2n) is 12.8. The maximum atomic E-state index is 13.1. The van der Waals surface area contributed by atoms with Crippen molar-refractivity contribution >= 4 is 33.2 Å². The molecule has 7 nitrogen and oxygen atoms in total. The summed E-state index contributed by atoms with van der Waals surface area (Å²) in [5.41, 5.74) is 3.44. The van der Waals surface area contributed by atoms with Crippen LogP contribution >= 0.6 is 11.6 Å². The van der Waals surface area contributed by atoms with Crippen molar-refractivity contribution in [2.75, 3.05) is 30.3 Å². The van der Waals surface area contributed by atoms with Gasteiger partial charge in [0, 0.05) is 29.1 Å². The van der Waals surface area contributed by atoms with Crippen LogP contribution in [0.2, 0.25) is 5.02 Å². The van der Waals surface area contributed by atoms with Gasteiger partial charge in [0.25, 0.3) is 5.91 Å². The van der Waals surface area contributed by atoms with E-state index in [1.54, 1.807) is 18.2 Å². The lowest BCUT2D eigenvalue weighted by atomic mass is 9.68. The highest BCUT2D eigenvalue weighted by Gasteiger charge is 2.50. The summed E-state index contributed by atoms with van der Waals surface area (Å²) in [6.45, 7) is 2.01. The zero-order valence-corrected chi connectivity index (χ0v) is 24.2. The molecule has 2 N–H and O–H groups in total. The first kappa shape index (κ1) is 26.6. The molecule has 2 bridgehead atoms. The highest BCUT2D eigenvalue weighted by molar-refractivity contribution is 7.90. The molecule has 2 saturated carbocycles. The molecule has 6 atom stereocenters. The van der Waals surface area contributed by atoms with Crippen LogP contribution in [0, 0.1) is 23.7 Å². The van der Waals surface area contributed by atoms with Crippen molar-refractivity contribution in [1.29, 1.82) is 0 Å². The zero-order chi connectivity index (χ0) is 27.6. The molecular formula is C31H37ClN2O5S. The highest BCUT2D eigenvalue weighted by atomic mass is 35.5. The van der Waals surface area contributed by atoms with Crippen molar-refractivity contribution in [2.24, 2.45) is 23.7 Å². The predicted molar refractivity (Wildman–Crippen MR) is 155 cm³/mol. The van der Waals surface area contributed by atoms with E-state index in [0.29, 0.717) is 36.2 Å². The number of fused-ring (bicyclic) bond motifs is 5. The summed E-state index contributed by atoms with van der Waals surface area (Å²) >= 11 is 6.38. The molecule has 1 spiro atoms. The Labute approximate surface area is 241 Å². The molecule has 2 aromatic rings. The van der Waals surface area contributed by atoms with E-state index in [1.807, 2.05) is 6.07 Å². The van der Waals surface area contributed by atoms with E-state index >= 15 is 0 Å². The third kappa shape index (κ3) is 4.80. The van der Waals surface area contributed by atoms with Crippen LogP contribution in [0.5, 0.6) is 5.75 Å². The van der Waals surface area contributed by atoms with Gasteiger partial charge in [-0.15, -0.1) is 0 Å². The Bertz CT molecular complexity index is 1450. The Morgan fingerprint density at radius 2 is 1.93 bits per heavy atom. The maximum absolute atomic E-state index is 13.1. The molecule has 0 saturated heterocycles. The molecule has 7 rings (SSSR count). The Morgan fingerprint density at radius 3 is 2.75 bits per heavy atom. The van der Waals surface area contributed by atoms with Crippen LogP contribution in [0.4, 0.5) is 5.69 Å². The number of nitrogens with zero attached hydrogens (tertiary/aromatic N) is 1. The lowest BCUT2D eigenvalue weighted by Gasteiger charge is -2.46. The van der Waals surface area contributed by atoms with Crippen LogP contribution in [0.3, 0.4) is 0 Å². The lowest BCUT2D eigenvalue weighted by Crippen LogP contribution is -2.50. The first-order valence-corrected chi connectivity index (χ1v) is 16.8. The molecule has 2 aliphatic heterocycles. The Hall–Kier alpha value is -2.29. The number of aryl methyl sites for hydroxylation is 1. The fourth-order valence-electron chi connectivity index (χ4n) is 7.93. The molecule has 3 aliphatic carbocycles. The van der Waals surface area contributed by atoms with Gasteiger partial charge >= 0.3 is 0 Å². The average molecular weight is 585 g/mol. The molecule has 2 fully saturated rings. The molecule has 2 aromatic carbocycles. The summed E-state index contributed by atoms with van der Waals surface area (Å²) in [5.74, 6) is 1.25. The van der Waals surface area contributed by atoms with E-state index in [9.17, 15) is 18.3 Å². The van der Waals surface area contributed by atoms with Gasteiger partial charge < -0.3 is 14.7 Å². The van der Waals surface area contributed by atoms with E-state index < -0.39 is 15.9 Å². The third-order valence-corrected chi connectivity index (χ3v) is 11.9. The number of rotatable bonds is 0. The standard InChI is InChI=1S/C31H37ClN2O5S/c32-23-7-9-26-20(13-23)3-1-11-31(26)17-34-16-22-5-8-24(22)29(35)25-14-19(25)4-2-12-40(37,38)33-30(36)21-6-10-28(39-18-31)27(34)15-21/h6-7,9-10,13,15,19,22,24-25,29,35H,1-5,8,11-12,14,16-18H2,(H,33,36)/t19-,22+,24-,25-,29-,31+/m1/s1. The van der Waals surface area contributed by atoms with Crippen molar-refractivity contribution in [3.05, 3.63) is 58.1 Å². The number of hydrogen-bond acceptors (Lipinski definition) is 6. The van der Waals surface area contributed by atoms with Crippen LogP contribution < -0.4 is 14.4 Å². The minimum Gasteiger partial charge on any atom is -0.490 e. The Kier molecular flexibility index (Phi) is 6.59. The molecule has 0 aromatic heterocycles. The van der Waals surface area contributed by atoms with Gasteiger partial charge in [-0.25, -0.2) is 13.1 Å². The number of hydrogen-bond donors (Lipinski definition) is 2. The number of aliphatic hydroxyl groups is 1. The molecule has 0 unspecified atom stereocenters. The molecule has 40 heavy (non-hydrogen) atoms. The summed E-state index contributed by atoms with van der Waals surface area (Å²) < 4.78 is 34.3. The van der Waals surface area contributed by atoms with E-state index in [2.05, 4.69) is 21.8 Å². The quantitative estimate of drug-likeness (QED) is 0.466. The lowest BCUT2D eigenvalue weighted by molar-refractivity contribution is -0.00180. The molecule has 214 valence electrons.